The molecule has 0 unspecified atom stereocenters. The van der Waals surface area contributed by atoms with E-state index >= 15 is 0 Å². The summed E-state index contributed by atoms with van der Waals surface area (Å²) < 4.78 is 19.8. The fourth-order valence-corrected chi connectivity index (χ4v) is 3.10. The van der Waals surface area contributed by atoms with Gasteiger partial charge in [0.15, 0.2) is 0 Å². The normalized spacial score (nSPS) is 16.5. The number of ether oxygens (including phenoxy) is 1. The SMILES string of the molecule is Cl.NC[C@H]1CCc2cc(F)cc(-c3ccc(Cl)cc3Cl)c2O1. The Bertz CT molecular complexity index is 693. The van der Waals surface area contributed by atoms with Crippen LogP contribution in [0.1, 0.15) is 12.0 Å². The second kappa shape index (κ2) is 7.05. The Labute approximate surface area is 144 Å². The van der Waals surface area contributed by atoms with Crippen LogP contribution in [0.4, 0.5) is 4.39 Å². The lowest BCUT2D eigenvalue weighted by Crippen LogP contribution is -2.30. The van der Waals surface area contributed by atoms with Crippen LogP contribution in [-0.4, -0.2) is 12.6 Å². The van der Waals surface area contributed by atoms with Gasteiger partial charge in [-0.1, -0.05) is 29.3 Å². The van der Waals surface area contributed by atoms with Gasteiger partial charge in [-0.3, -0.25) is 0 Å². The molecule has 1 atom stereocenters. The predicted molar refractivity (Wildman–Crippen MR) is 90.9 cm³/mol. The smallest absolute Gasteiger partial charge is 0.131 e. The molecule has 0 fully saturated rings. The molecule has 2 aromatic rings. The second-order valence-corrected chi connectivity index (χ2v) is 5.92. The number of fused-ring (bicyclic) bond motifs is 1. The Morgan fingerprint density at radius 2 is 1.95 bits per heavy atom. The van der Waals surface area contributed by atoms with E-state index in [9.17, 15) is 4.39 Å². The quantitative estimate of drug-likeness (QED) is 0.827. The van der Waals surface area contributed by atoms with Gasteiger partial charge in [0.2, 0.25) is 0 Å². The standard InChI is InChI=1S/C16H14Cl2FNO.ClH/c17-10-2-4-13(15(18)6-10)14-7-11(19)5-9-1-3-12(8-20)21-16(9)14;/h2,4-7,12H,1,3,8,20H2;1H/t12-;/m1./s1. The second-order valence-electron chi connectivity index (χ2n) is 5.08. The van der Waals surface area contributed by atoms with Crippen molar-refractivity contribution in [2.45, 2.75) is 18.9 Å². The molecule has 2 aromatic carbocycles. The number of hydrogen-bond donors (Lipinski definition) is 1. The lowest BCUT2D eigenvalue weighted by atomic mass is 9.95. The first-order valence-electron chi connectivity index (χ1n) is 6.73. The molecule has 3 rings (SSSR count). The van der Waals surface area contributed by atoms with E-state index in [0.29, 0.717) is 33.5 Å². The highest BCUT2D eigenvalue weighted by molar-refractivity contribution is 6.36. The molecule has 0 spiro atoms. The zero-order chi connectivity index (χ0) is 15.0. The summed E-state index contributed by atoms with van der Waals surface area (Å²) in [7, 11) is 0. The van der Waals surface area contributed by atoms with Crippen molar-refractivity contribution >= 4 is 35.6 Å². The van der Waals surface area contributed by atoms with Gasteiger partial charge in [-0.05, 0) is 42.7 Å². The Kier molecular flexibility index (Phi) is 5.56. The van der Waals surface area contributed by atoms with E-state index in [4.69, 9.17) is 33.7 Å². The fourth-order valence-electron chi connectivity index (χ4n) is 2.59. The van der Waals surface area contributed by atoms with E-state index in [1.165, 1.54) is 12.1 Å². The first-order chi connectivity index (χ1) is 10.1. The predicted octanol–water partition coefficient (Wildman–Crippen LogP) is 4.87. The lowest BCUT2D eigenvalue weighted by Gasteiger charge is -2.27. The molecule has 0 radical (unpaired) electrons. The zero-order valence-corrected chi connectivity index (χ0v) is 13.9. The number of halogens is 4. The molecule has 22 heavy (non-hydrogen) atoms. The molecule has 0 aromatic heterocycles. The third-order valence-corrected chi connectivity index (χ3v) is 4.18. The van der Waals surface area contributed by atoms with E-state index < -0.39 is 0 Å². The van der Waals surface area contributed by atoms with Crippen LogP contribution >= 0.6 is 35.6 Å². The van der Waals surface area contributed by atoms with Crippen molar-refractivity contribution in [1.29, 1.82) is 0 Å². The summed E-state index contributed by atoms with van der Waals surface area (Å²) in [5.74, 6) is 0.367. The van der Waals surface area contributed by atoms with Crippen LogP contribution in [0.2, 0.25) is 10.0 Å². The largest absolute Gasteiger partial charge is 0.488 e. The summed E-state index contributed by atoms with van der Waals surface area (Å²) in [6.07, 6.45) is 1.49. The first kappa shape index (κ1) is 17.4. The van der Waals surface area contributed by atoms with E-state index in [0.717, 1.165) is 18.4 Å². The topological polar surface area (TPSA) is 35.2 Å². The minimum absolute atomic E-state index is 0. The minimum Gasteiger partial charge on any atom is -0.488 e. The molecule has 1 aliphatic heterocycles. The molecule has 1 heterocycles. The van der Waals surface area contributed by atoms with Crippen molar-refractivity contribution in [2.75, 3.05) is 6.54 Å². The number of benzene rings is 2. The molecule has 0 amide bonds. The highest BCUT2D eigenvalue weighted by Gasteiger charge is 2.24. The number of hydrogen-bond acceptors (Lipinski definition) is 2. The van der Waals surface area contributed by atoms with Crippen LogP contribution in [0.25, 0.3) is 11.1 Å². The van der Waals surface area contributed by atoms with Crippen LogP contribution < -0.4 is 10.5 Å². The summed E-state index contributed by atoms with van der Waals surface area (Å²) in [6, 6.07) is 8.08. The molecule has 6 heteroatoms. The number of aryl methyl sites for hydroxylation is 1. The van der Waals surface area contributed by atoms with Crippen molar-refractivity contribution in [3.05, 3.63) is 51.8 Å². The molecular weight excluding hydrogens is 348 g/mol. The summed E-state index contributed by atoms with van der Waals surface area (Å²) in [5.41, 5.74) is 7.88. The Balaban J connectivity index is 0.00000176. The van der Waals surface area contributed by atoms with Crippen molar-refractivity contribution in [1.82, 2.24) is 0 Å². The number of rotatable bonds is 2. The van der Waals surface area contributed by atoms with Crippen molar-refractivity contribution in [3.63, 3.8) is 0 Å². The van der Waals surface area contributed by atoms with Gasteiger partial charge in [0.25, 0.3) is 0 Å². The Morgan fingerprint density at radius 1 is 1.18 bits per heavy atom. The number of nitrogens with two attached hydrogens (primary N) is 1. The maximum atomic E-state index is 13.9. The Hall–Kier alpha value is -1.00. The van der Waals surface area contributed by atoms with Crippen molar-refractivity contribution < 1.29 is 9.13 Å². The van der Waals surface area contributed by atoms with E-state index in [2.05, 4.69) is 0 Å². The minimum atomic E-state index is -0.301. The third-order valence-electron chi connectivity index (χ3n) is 3.63. The van der Waals surface area contributed by atoms with Crippen LogP contribution in [0.15, 0.2) is 30.3 Å². The zero-order valence-electron chi connectivity index (χ0n) is 11.6. The summed E-state index contributed by atoms with van der Waals surface area (Å²) in [5, 5.41) is 1.00. The van der Waals surface area contributed by atoms with E-state index in [1.54, 1.807) is 18.2 Å². The average Bonchev–Trinajstić information content (AvgIpc) is 2.46. The molecule has 0 saturated carbocycles. The maximum Gasteiger partial charge on any atom is 0.131 e. The first-order valence-corrected chi connectivity index (χ1v) is 7.48. The summed E-state index contributed by atoms with van der Waals surface area (Å²) >= 11 is 12.2. The van der Waals surface area contributed by atoms with Crippen molar-refractivity contribution in [3.8, 4) is 16.9 Å². The Morgan fingerprint density at radius 3 is 2.64 bits per heavy atom. The highest BCUT2D eigenvalue weighted by Crippen LogP contribution is 2.41. The molecular formula is C16H15Cl3FNO. The average molecular weight is 363 g/mol. The highest BCUT2D eigenvalue weighted by atomic mass is 35.5. The molecule has 0 saturated heterocycles. The summed E-state index contributed by atoms with van der Waals surface area (Å²) in [6.45, 7) is 0.435. The molecule has 118 valence electrons. The van der Waals surface area contributed by atoms with Gasteiger partial charge in [0.1, 0.15) is 17.7 Å². The van der Waals surface area contributed by atoms with Crippen LogP contribution in [0, 0.1) is 5.82 Å². The summed E-state index contributed by atoms with van der Waals surface area (Å²) in [4.78, 5) is 0. The van der Waals surface area contributed by atoms with Crippen LogP contribution in [0.5, 0.6) is 5.75 Å². The molecule has 2 N–H and O–H groups in total. The van der Waals surface area contributed by atoms with Gasteiger partial charge in [-0.25, -0.2) is 4.39 Å². The van der Waals surface area contributed by atoms with Gasteiger partial charge in [0.05, 0.1) is 5.02 Å². The maximum absolute atomic E-state index is 13.9. The molecule has 2 nitrogen and oxygen atoms in total. The van der Waals surface area contributed by atoms with Crippen LogP contribution in [-0.2, 0) is 6.42 Å². The van der Waals surface area contributed by atoms with E-state index in [1.807, 2.05) is 0 Å². The van der Waals surface area contributed by atoms with Gasteiger partial charge in [0, 0.05) is 22.7 Å². The van der Waals surface area contributed by atoms with Crippen LogP contribution in [0.3, 0.4) is 0 Å². The fraction of sp³-hybridized carbons (Fsp3) is 0.250. The molecule has 0 aliphatic carbocycles. The van der Waals surface area contributed by atoms with Gasteiger partial charge in [-0.2, -0.15) is 0 Å². The third kappa shape index (κ3) is 3.33. The van der Waals surface area contributed by atoms with E-state index in [-0.39, 0.29) is 24.3 Å². The molecule has 1 aliphatic rings. The lowest BCUT2D eigenvalue weighted by molar-refractivity contribution is 0.182. The van der Waals surface area contributed by atoms with Gasteiger partial charge < -0.3 is 10.5 Å². The molecule has 0 bridgehead atoms. The van der Waals surface area contributed by atoms with Gasteiger partial charge in [-0.15, -0.1) is 12.4 Å². The monoisotopic (exact) mass is 361 g/mol. The van der Waals surface area contributed by atoms with Crippen molar-refractivity contribution in [2.24, 2.45) is 5.73 Å². The van der Waals surface area contributed by atoms with Gasteiger partial charge >= 0.3 is 0 Å².